The Balaban J connectivity index is 1.78. The lowest BCUT2D eigenvalue weighted by atomic mass is 9.87. The van der Waals surface area contributed by atoms with Gasteiger partial charge in [0.15, 0.2) is 0 Å². The number of hydrogen-bond donors (Lipinski definition) is 1. The van der Waals surface area contributed by atoms with E-state index in [0.717, 1.165) is 22.1 Å². The minimum atomic E-state index is -1.10. The SMILES string of the molecule is CC[C@]1(c2ccccc2)NC(=O)N(Cc2cc(=O)oc3c(C)c(C)ccc23)C1=O. The predicted octanol–water partition coefficient (Wildman–Crippen LogP) is 3.77. The summed E-state index contributed by atoms with van der Waals surface area (Å²) < 4.78 is 5.40. The van der Waals surface area contributed by atoms with Crippen LogP contribution in [0.3, 0.4) is 0 Å². The van der Waals surface area contributed by atoms with Crippen molar-refractivity contribution in [3.05, 3.63) is 81.2 Å². The molecule has 0 aliphatic carbocycles. The number of nitrogens with zero attached hydrogens (tertiary/aromatic N) is 1. The van der Waals surface area contributed by atoms with Crippen LogP contribution in [0.5, 0.6) is 0 Å². The number of urea groups is 1. The molecule has 2 heterocycles. The fraction of sp³-hybridized carbons (Fsp3) is 0.261. The van der Waals surface area contributed by atoms with Crippen LogP contribution in [0.4, 0.5) is 4.79 Å². The van der Waals surface area contributed by atoms with E-state index in [1.54, 1.807) is 0 Å². The lowest BCUT2D eigenvalue weighted by molar-refractivity contribution is -0.132. The van der Waals surface area contributed by atoms with Gasteiger partial charge >= 0.3 is 11.7 Å². The third kappa shape index (κ3) is 2.92. The van der Waals surface area contributed by atoms with Crippen LogP contribution in [-0.2, 0) is 16.9 Å². The molecule has 0 radical (unpaired) electrons. The summed E-state index contributed by atoms with van der Waals surface area (Å²) in [6.07, 6.45) is 0.425. The van der Waals surface area contributed by atoms with Gasteiger partial charge < -0.3 is 9.73 Å². The largest absolute Gasteiger partial charge is 0.422 e. The Morgan fingerprint density at radius 2 is 1.76 bits per heavy atom. The van der Waals surface area contributed by atoms with Gasteiger partial charge in [-0.2, -0.15) is 0 Å². The fourth-order valence-electron chi connectivity index (χ4n) is 3.96. The maximum Gasteiger partial charge on any atom is 0.336 e. The first kappa shape index (κ1) is 18.9. The van der Waals surface area contributed by atoms with Crippen LogP contribution in [-0.4, -0.2) is 16.8 Å². The highest BCUT2D eigenvalue weighted by atomic mass is 16.4. The summed E-state index contributed by atoms with van der Waals surface area (Å²) in [5.74, 6) is -0.318. The lowest BCUT2D eigenvalue weighted by Crippen LogP contribution is -2.43. The number of carbonyl (C=O) groups excluding carboxylic acids is 2. The van der Waals surface area contributed by atoms with E-state index in [1.165, 1.54) is 11.0 Å². The van der Waals surface area contributed by atoms with Crippen molar-refractivity contribution in [2.24, 2.45) is 0 Å². The maximum atomic E-state index is 13.4. The van der Waals surface area contributed by atoms with E-state index in [2.05, 4.69) is 5.32 Å². The van der Waals surface area contributed by atoms with E-state index in [4.69, 9.17) is 4.42 Å². The van der Waals surface area contributed by atoms with Crippen LogP contribution in [0.1, 0.15) is 35.6 Å². The number of aryl methyl sites for hydroxylation is 2. The monoisotopic (exact) mass is 390 g/mol. The van der Waals surface area contributed by atoms with Crippen molar-refractivity contribution in [2.45, 2.75) is 39.3 Å². The molecule has 1 N–H and O–H groups in total. The first-order valence-corrected chi connectivity index (χ1v) is 9.60. The molecule has 4 rings (SSSR count). The zero-order chi connectivity index (χ0) is 20.8. The van der Waals surface area contributed by atoms with Gasteiger partial charge in [0.05, 0.1) is 6.54 Å². The second-order valence-electron chi connectivity index (χ2n) is 7.42. The van der Waals surface area contributed by atoms with Crippen molar-refractivity contribution < 1.29 is 14.0 Å². The van der Waals surface area contributed by atoms with Crippen molar-refractivity contribution in [3.63, 3.8) is 0 Å². The Morgan fingerprint density at radius 3 is 2.45 bits per heavy atom. The van der Waals surface area contributed by atoms with Gasteiger partial charge in [-0.25, -0.2) is 9.59 Å². The van der Waals surface area contributed by atoms with Crippen molar-refractivity contribution in [2.75, 3.05) is 0 Å². The molecule has 3 aromatic rings. The number of hydrogen-bond acceptors (Lipinski definition) is 4. The highest BCUT2D eigenvalue weighted by Gasteiger charge is 2.51. The van der Waals surface area contributed by atoms with Gasteiger partial charge in [0.25, 0.3) is 5.91 Å². The lowest BCUT2D eigenvalue weighted by Gasteiger charge is -2.25. The molecule has 6 heteroatoms. The van der Waals surface area contributed by atoms with Crippen molar-refractivity contribution in [3.8, 4) is 0 Å². The average Bonchev–Trinajstić information content (AvgIpc) is 2.97. The smallest absolute Gasteiger partial charge is 0.336 e. The number of benzene rings is 2. The normalized spacial score (nSPS) is 19.1. The van der Waals surface area contributed by atoms with Crippen LogP contribution in [0.25, 0.3) is 11.0 Å². The molecule has 1 aliphatic rings. The molecular formula is C23H22N2O4. The van der Waals surface area contributed by atoms with Gasteiger partial charge in [0.1, 0.15) is 11.1 Å². The number of carbonyl (C=O) groups is 2. The highest BCUT2D eigenvalue weighted by molar-refractivity contribution is 6.07. The molecule has 1 fully saturated rings. The number of amides is 3. The number of rotatable bonds is 4. The number of fused-ring (bicyclic) bond motifs is 1. The second-order valence-corrected chi connectivity index (χ2v) is 7.42. The van der Waals surface area contributed by atoms with E-state index in [1.807, 2.05) is 63.2 Å². The molecule has 6 nitrogen and oxygen atoms in total. The van der Waals surface area contributed by atoms with Crippen molar-refractivity contribution in [1.82, 2.24) is 10.2 Å². The Hall–Kier alpha value is -3.41. The Kier molecular flexibility index (Phi) is 4.49. The van der Waals surface area contributed by atoms with E-state index in [9.17, 15) is 14.4 Å². The molecule has 0 unspecified atom stereocenters. The quantitative estimate of drug-likeness (QED) is 0.543. The highest BCUT2D eigenvalue weighted by Crippen LogP contribution is 2.34. The van der Waals surface area contributed by atoms with Gasteiger partial charge in [-0.1, -0.05) is 49.4 Å². The Bertz CT molecular complexity index is 1180. The molecule has 29 heavy (non-hydrogen) atoms. The van der Waals surface area contributed by atoms with Gasteiger partial charge in [-0.3, -0.25) is 9.69 Å². The fourth-order valence-corrected chi connectivity index (χ4v) is 3.96. The topological polar surface area (TPSA) is 79.6 Å². The molecule has 148 valence electrons. The molecule has 1 aliphatic heterocycles. The molecule has 0 spiro atoms. The van der Waals surface area contributed by atoms with Crippen molar-refractivity contribution in [1.29, 1.82) is 0 Å². The van der Waals surface area contributed by atoms with E-state index >= 15 is 0 Å². The molecule has 2 aromatic carbocycles. The second kappa shape index (κ2) is 6.88. The number of imide groups is 1. The molecular weight excluding hydrogens is 368 g/mol. The first-order chi connectivity index (χ1) is 13.9. The van der Waals surface area contributed by atoms with Crippen LogP contribution in [0, 0.1) is 13.8 Å². The summed E-state index contributed by atoms with van der Waals surface area (Å²) in [5, 5.41) is 3.60. The van der Waals surface area contributed by atoms with E-state index in [0.29, 0.717) is 17.6 Å². The summed E-state index contributed by atoms with van der Waals surface area (Å²) in [7, 11) is 0. The molecule has 0 bridgehead atoms. The zero-order valence-electron chi connectivity index (χ0n) is 16.6. The average molecular weight is 390 g/mol. The summed E-state index contributed by atoms with van der Waals surface area (Å²) in [5.41, 5.74) is 2.09. The summed E-state index contributed by atoms with van der Waals surface area (Å²) in [6, 6.07) is 13.9. The molecule has 1 atom stereocenters. The maximum absolute atomic E-state index is 13.4. The van der Waals surface area contributed by atoms with Gasteiger partial charge in [0, 0.05) is 11.5 Å². The molecule has 1 aromatic heterocycles. The summed E-state index contributed by atoms with van der Waals surface area (Å²) >= 11 is 0. The third-order valence-electron chi connectivity index (χ3n) is 5.82. The summed E-state index contributed by atoms with van der Waals surface area (Å²) in [6.45, 7) is 5.70. The minimum absolute atomic E-state index is 0.00382. The zero-order valence-corrected chi connectivity index (χ0v) is 16.6. The molecule has 0 saturated carbocycles. The van der Waals surface area contributed by atoms with E-state index in [-0.39, 0.29) is 12.5 Å². The first-order valence-electron chi connectivity index (χ1n) is 9.60. The standard InChI is InChI=1S/C23H22N2O4/c1-4-23(17-8-6-5-7-9-17)21(27)25(22(28)24-23)13-16-12-19(26)29-20-15(3)14(2)10-11-18(16)20/h5-12H,4,13H2,1-3H3,(H,24,28)/t23-/m1/s1. The van der Waals surface area contributed by atoms with Crippen LogP contribution in [0.15, 0.2) is 57.7 Å². The van der Waals surface area contributed by atoms with Gasteiger partial charge in [-0.15, -0.1) is 0 Å². The minimum Gasteiger partial charge on any atom is -0.422 e. The molecule has 1 saturated heterocycles. The Morgan fingerprint density at radius 1 is 1.03 bits per heavy atom. The van der Waals surface area contributed by atoms with Gasteiger partial charge in [-0.05, 0) is 42.5 Å². The van der Waals surface area contributed by atoms with E-state index < -0.39 is 17.2 Å². The predicted molar refractivity (Wildman–Crippen MR) is 109 cm³/mol. The third-order valence-corrected chi connectivity index (χ3v) is 5.82. The van der Waals surface area contributed by atoms with Gasteiger partial charge in [0.2, 0.25) is 0 Å². The van der Waals surface area contributed by atoms with Crippen LogP contribution >= 0.6 is 0 Å². The van der Waals surface area contributed by atoms with Crippen LogP contribution < -0.4 is 10.9 Å². The Labute approximate surface area is 168 Å². The number of nitrogens with one attached hydrogen (secondary N) is 1. The van der Waals surface area contributed by atoms with Crippen molar-refractivity contribution >= 4 is 22.9 Å². The summed E-state index contributed by atoms with van der Waals surface area (Å²) in [4.78, 5) is 39.4. The molecule has 3 amide bonds. The van der Waals surface area contributed by atoms with Crippen LogP contribution in [0.2, 0.25) is 0 Å².